The lowest BCUT2D eigenvalue weighted by Gasteiger charge is -2.36. The smallest absolute Gasteiger partial charge is 0.316 e. The van der Waals surface area contributed by atoms with Crippen molar-refractivity contribution >= 4 is 11.9 Å². The Labute approximate surface area is 120 Å². The lowest BCUT2D eigenvalue weighted by molar-refractivity contribution is -0.151. The number of hydrogen-bond acceptors (Lipinski definition) is 3. The second-order valence-electron chi connectivity index (χ2n) is 7.20. The predicted octanol–water partition coefficient (Wildman–Crippen LogP) is 1.48. The van der Waals surface area contributed by atoms with Crippen LogP contribution in [0.15, 0.2) is 0 Å². The second kappa shape index (κ2) is 5.72. The summed E-state index contributed by atoms with van der Waals surface area (Å²) in [6.07, 6.45) is 4.33. The molecule has 0 saturated carbocycles. The maximum Gasteiger partial charge on any atom is 0.316 e. The number of carbonyl (C=O) groups is 2. The molecule has 2 rings (SSSR count). The number of hydrogen-bond donors (Lipinski definition) is 2. The summed E-state index contributed by atoms with van der Waals surface area (Å²) < 4.78 is 0. The molecule has 114 valence electrons. The van der Waals surface area contributed by atoms with Crippen LogP contribution < -0.4 is 5.32 Å². The summed E-state index contributed by atoms with van der Waals surface area (Å²) in [5, 5.41) is 12.3. The third-order valence-electron chi connectivity index (χ3n) is 4.54. The van der Waals surface area contributed by atoms with E-state index < -0.39 is 17.3 Å². The molecule has 2 heterocycles. The molecule has 2 aliphatic rings. The molecule has 0 aromatic rings. The molecule has 0 bridgehead atoms. The molecule has 1 amide bonds. The molecule has 3 unspecified atom stereocenters. The van der Waals surface area contributed by atoms with Gasteiger partial charge in [0, 0.05) is 18.6 Å². The van der Waals surface area contributed by atoms with E-state index in [0.717, 1.165) is 19.4 Å². The number of nitrogens with one attached hydrogen (secondary N) is 1. The second-order valence-corrected chi connectivity index (χ2v) is 7.20. The molecule has 2 saturated heterocycles. The molecule has 0 radical (unpaired) electrons. The zero-order valence-corrected chi connectivity index (χ0v) is 12.7. The van der Waals surface area contributed by atoms with E-state index in [1.54, 1.807) is 20.8 Å². The first-order chi connectivity index (χ1) is 9.29. The molecule has 2 aliphatic heterocycles. The number of amides is 1. The topological polar surface area (TPSA) is 69.6 Å². The van der Waals surface area contributed by atoms with Crippen LogP contribution in [0.25, 0.3) is 0 Å². The number of carboxylic acid groups (broad SMARTS) is 1. The van der Waals surface area contributed by atoms with Crippen LogP contribution in [0, 0.1) is 11.3 Å². The zero-order valence-electron chi connectivity index (χ0n) is 12.7. The van der Waals surface area contributed by atoms with Crippen molar-refractivity contribution in [3.63, 3.8) is 0 Å². The van der Waals surface area contributed by atoms with Crippen LogP contribution in [0.4, 0.5) is 0 Å². The van der Waals surface area contributed by atoms with Crippen LogP contribution in [-0.2, 0) is 9.59 Å². The number of rotatable bonds is 3. The van der Waals surface area contributed by atoms with Gasteiger partial charge in [0.05, 0.1) is 0 Å². The molecule has 0 aromatic heterocycles. The summed E-state index contributed by atoms with van der Waals surface area (Å²) in [6.45, 7) is 7.58. The Kier molecular flexibility index (Phi) is 4.37. The summed E-state index contributed by atoms with van der Waals surface area (Å²) in [5.41, 5.74) is -0.565. The van der Waals surface area contributed by atoms with E-state index in [-0.39, 0.29) is 11.9 Å². The Morgan fingerprint density at radius 1 is 1.25 bits per heavy atom. The Hall–Kier alpha value is -1.10. The first-order valence-electron chi connectivity index (χ1n) is 7.56. The molecule has 2 N–H and O–H groups in total. The number of carboxylic acids is 1. The van der Waals surface area contributed by atoms with Gasteiger partial charge in [0.25, 0.3) is 0 Å². The molecular weight excluding hydrogens is 256 g/mol. The molecular formula is C15H26N2O3. The molecule has 3 atom stereocenters. The first-order valence-corrected chi connectivity index (χ1v) is 7.56. The van der Waals surface area contributed by atoms with Crippen molar-refractivity contribution in [2.75, 3.05) is 13.1 Å². The Bertz CT molecular complexity index is 389. The van der Waals surface area contributed by atoms with Gasteiger partial charge in [0.15, 0.2) is 0 Å². The van der Waals surface area contributed by atoms with E-state index in [1.807, 2.05) is 0 Å². The van der Waals surface area contributed by atoms with E-state index in [1.165, 1.54) is 19.4 Å². The van der Waals surface area contributed by atoms with E-state index in [9.17, 15) is 14.7 Å². The van der Waals surface area contributed by atoms with Crippen molar-refractivity contribution in [1.29, 1.82) is 0 Å². The van der Waals surface area contributed by atoms with Gasteiger partial charge in [-0.25, -0.2) is 0 Å². The van der Waals surface area contributed by atoms with Crippen LogP contribution in [0.2, 0.25) is 0 Å². The number of carbonyl (C=O) groups excluding carboxylic acids is 1. The Morgan fingerprint density at radius 2 is 1.95 bits per heavy atom. The third kappa shape index (κ3) is 3.32. The van der Waals surface area contributed by atoms with E-state index in [2.05, 4.69) is 10.2 Å². The monoisotopic (exact) mass is 282 g/mol. The van der Waals surface area contributed by atoms with Gasteiger partial charge in [0.1, 0.15) is 5.92 Å². The summed E-state index contributed by atoms with van der Waals surface area (Å²) in [4.78, 5) is 26.1. The van der Waals surface area contributed by atoms with E-state index >= 15 is 0 Å². The molecule has 2 fully saturated rings. The molecule has 20 heavy (non-hydrogen) atoms. The normalized spacial score (nSPS) is 28.8. The van der Waals surface area contributed by atoms with Crippen molar-refractivity contribution in [3.05, 3.63) is 0 Å². The minimum absolute atomic E-state index is 0.131. The minimum atomic E-state index is -1.03. The highest BCUT2D eigenvalue weighted by Gasteiger charge is 2.39. The standard InChI is InChI=1S/C15H26N2O3/c1-15(2,3)12(14(19)20)13(18)16-10-6-8-17-7-4-5-11(17)9-10/h10-12H,4-9H2,1-3H3,(H,16,18)(H,19,20). The average Bonchev–Trinajstić information content (AvgIpc) is 2.73. The molecule has 0 aliphatic carbocycles. The van der Waals surface area contributed by atoms with Gasteiger partial charge < -0.3 is 15.3 Å². The molecule has 5 nitrogen and oxygen atoms in total. The van der Waals surface area contributed by atoms with Gasteiger partial charge >= 0.3 is 5.97 Å². The quantitative estimate of drug-likeness (QED) is 0.769. The zero-order chi connectivity index (χ0) is 14.9. The van der Waals surface area contributed by atoms with Gasteiger partial charge in [-0.2, -0.15) is 0 Å². The number of nitrogens with zero attached hydrogens (tertiary/aromatic N) is 1. The third-order valence-corrected chi connectivity index (χ3v) is 4.54. The van der Waals surface area contributed by atoms with Gasteiger partial charge in [-0.15, -0.1) is 0 Å². The summed E-state index contributed by atoms with van der Waals surface area (Å²) >= 11 is 0. The molecule has 5 heteroatoms. The average molecular weight is 282 g/mol. The van der Waals surface area contributed by atoms with Gasteiger partial charge in [-0.3, -0.25) is 9.59 Å². The van der Waals surface area contributed by atoms with Crippen molar-refractivity contribution in [2.24, 2.45) is 11.3 Å². The highest BCUT2D eigenvalue weighted by molar-refractivity contribution is 5.97. The fourth-order valence-corrected chi connectivity index (χ4v) is 3.52. The predicted molar refractivity (Wildman–Crippen MR) is 76.3 cm³/mol. The van der Waals surface area contributed by atoms with Crippen LogP contribution in [-0.4, -0.2) is 47.1 Å². The maximum atomic E-state index is 12.3. The lowest BCUT2D eigenvalue weighted by Crippen LogP contribution is -2.51. The van der Waals surface area contributed by atoms with Crippen LogP contribution >= 0.6 is 0 Å². The van der Waals surface area contributed by atoms with Crippen molar-refractivity contribution < 1.29 is 14.7 Å². The van der Waals surface area contributed by atoms with Gasteiger partial charge in [0.2, 0.25) is 5.91 Å². The van der Waals surface area contributed by atoms with Crippen molar-refractivity contribution in [2.45, 2.75) is 58.5 Å². The lowest BCUT2D eigenvalue weighted by atomic mass is 9.80. The van der Waals surface area contributed by atoms with Crippen molar-refractivity contribution in [1.82, 2.24) is 10.2 Å². The fourth-order valence-electron chi connectivity index (χ4n) is 3.52. The largest absolute Gasteiger partial charge is 0.481 e. The number of aliphatic carboxylic acids is 1. The SMILES string of the molecule is CC(C)(C)C(C(=O)O)C(=O)NC1CCN2CCCC2C1. The van der Waals surface area contributed by atoms with E-state index in [0.29, 0.717) is 6.04 Å². The summed E-state index contributed by atoms with van der Waals surface area (Å²) in [6, 6.07) is 0.706. The van der Waals surface area contributed by atoms with Crippen LogP contribution in [0.1, 0.15) is 46.5 Å². The number of piperidine rings is 1. The van der Waals surface area contributed by atoms with Gasteiger partial charge in [-0.1, -0.05) is 20.8 Å². The van der Waals surface area contributed by atoms with Crippen molar-refractivity contribution in [3.8, 4) is 0 Å². The fraction of sp³-hybridized carbons (Fsp3) is 0.867. The Balaban J connectivity index is 1.95. The number of fused-ring (bicyclic) bond motifs is 1. The highest BCUT2D eigenvalue weighted by atomic mass is 16.4. The minimum Gasteiger partial charge on any atom is -0.481 e. The highest BCUT2D eigenvalue weighted by Crippen LogP contribution is 2.29. The summed E-state index contributed by atoms with van der Waals surface area (Å²) in [7, 11) is 0. The first kappa shape index (κ1) is 15.3. The maximum absolute atomic E-state index is 12.3. The summed E-state index contributed by atoms with van der Waals surface area (Å²) in [5.74, 6) is -2.35. The Morgan fingerprint density at radius 3 is 2.55 bits per heavy atom. The molecule has 0 aromatic carbocycles. The van der Waals surface area contributed by atoms with E-state index in [4.69, 9.17) is 0 Å². The van der Waals surface area contributed by atoms with Gasteiger partial charge in [-0.05, 0) is 37.6 Å². The van der Waals surface area contributed by atoms with Crippen LogP contribution in [0.5, 0.6) is 0 Å². The van der Waals surface area contributed by atoms with Crippen LogP contribution in [0.3, 0.4) is 0 Å². The molecule has 0 spiro atoms.